The van der Waals surface area contributed by atoms with Gasteiger partial charge in [0, 0.05) is 25.0 Å². The van der Waals surface area contributed by atoms with Gasteiger partial charge in [-0.15, -0.1) is 0 Å². The molecule has 1 heterocycles. The second-order valence-electron chi connectivity index (χ2n) is 5.13. The Balaban J connectivity index is 2.44. The Hall–Kier alpha value is -0.610. The Morgan fingerprint density at radius 3 is 2.82 bits per heavy atom. The lowest BCUT2D eigenvalue weighted by Crippen LogP contribution is -2.40. The Morgan fingerprint density at radius 1 is 1.53 bits per heavy atom. The topological polar surface area (TPSA) is 52.6 Å². The van der Waals surface area contributed by atoms with Crippen LogP contribution in [0.1, 0.15) is 46.5 Å². The molecule has 3 atom stereocenters. The highest BCUT2D eigenvalue weighted by atomic mass is 16.3. The van der Waals surface area contributed by atoms with Crippen molar-refractivity contribution in [3.8, 4) is 0 Å². The fourth-order valence-electron chi connectivity index (χ4n) is 2.60. The summed E-state index contributed by atoms with van der Waals surface area (Å²) in [6, 6.07) is 0.483. The molecule has 0 bridgehead atoms. The summed E-state index contributed by atoms with van der Waals surface area (Å²) in [5.41, 5.74) is 0. The molecule has 1 rings (SSSR count). The van der Waals surface area contributed by atoms with E-state index in [4.69, 9.17) is 0 Å². The summed E-state index contributed by atoms with van der Waals surface area (Å²) in [4.78, 5) is 14.1. The van der Waals surface area contributed by atoms with E-state index in [1.54, 1.807) is 6.92 Å². The number of nitrogens with one attached hydrogen (secondary N) is 1. The maximum Gasteiger partial charge on any atom is 0.224 e. The highest BCUT2D eigenvalue weighted by Gasteiger charge is 2.29. The molecule has 0 aromatic carbocycles. The average molecular weight is 242 g/mol. The van der Waals surface area contributed by atoms with Crippen LogP contribution in [0.25, 0.3) is 0 Å². The van der Waals surface area contributed by atoms with Gasteiger partial charge in [-0.1, -0.05) is 6.92 Å². The van der Waals surface area contributed by atoms with E-state index in [1.165, 1.54) is 0 Å². The van der Waals surface area contributed by atoms with Gasteiger partial charge in [-0.3, -0.25) is 4.79 Å². The summed E-state index contributed by atoms with van der Waals surface area (Å²) in [5, 5.41) is 12.7. The number of aliphatic hydroxyl groups is 1. The molecule has 0 aliphatic carbocycles. The summed E-state index contributed by atoms with van der Waals surface area (Å²) in [6.07, 6.45) is 3.05. The fourth-order valence-corrected chi connectivity index (χ4v) is 2.60. The number of aliphatic hydroxyl groups excluding tert-OH is 1. The SMILES string of the molecule is CCNC(C)CC(=O)N1CCCC1CC(C)O. The molecule has 4 heteroatoms. The normalized spacial score (nSPS) is 23.8. The molecule has 0 spiro atoms. The van der Waals surface area contributed by atoms with E-state index >= 15 is 0 Å². The Bertz CT molecular complexity index is 244. The van der Waals surface area contributed by atoms with Gasteiger partial charge in [0.25, 0.3) is 0 Å². The molecule has 1 saturated heterocycles. The van der Waals surface area contributed by atoms with Crippen molar-refractivity contribution < 1.29 is 9.90 Å². The van der Waals surface area contributed by atoms with Crippen LogP contribution in [-0.4, -0.2) is 47.2 Å². The molecular weight excluding hydrogens is 216 g/mol. The van der Waals surface area contributed by atoms with Gasteiger partial charge in [0.15, 0.2) is 0 Å². The van der Waals surface area contributed by atoms with Crippen LogP contribution in [0.2, 0.25) is 0 Å². The maximum atomic E-state index is 12.1. The fraction of sp³-hybridized carbons (Fsp3) is 0.923. The number of likely N-dealkylation sites (tertiary alicyclic amines) is 1. The van der Waals surface area contributed by atoms with Gasteiger partial charge in [-0.05, 0) is 39.7 Å². The quantitative estimate of drug-likeness (QED) is 0.734. The van der Waals surface area contributed by atoms with Gasteiger partial charge >= 0.3 is 0 Å². The van der Waals surface area contributed by atoms with Gasteiger partial charge < -0.3 is 15.3 Å². The zero-order chi connectivity index (χ0) is 12.8. The summed E-state index contributed by atoms with van der Waals surface area (Å²) in [7, 11) is 0. The summed E-state index contributed by atoms with van der Waals surface area (Å²) in [5.74, 6) is 0.224. The molecule has 0 aromatic heterocycles. The summed E-state index contributed by atoms with van der Waals surface area (Å²) < 4.78 is 0. The first-order chi connectivity index (χ1) is 8.04. The molecule has 1 aliphatic heterocycles. The van der Waals surface area contributed by atoms with Gasteiger partial charge in [0.05, 0.1) is 6.10 Å². The van der Waals surface area contributed by atoms with E-state index in [-0.39, 0.29) is 24.1 Å². The first-order valence-corrected chi connectivity index (χ1v) is 6.75. The Morgan fingerprint density at radius 2 is 2.24 bits per heavy atom. The van der Waals surface area contributed by atoms with Crippen molar-refractivity contribution in [1.29, 1.82) is 0 Å². The molecule has 1 aliphatic rings. The predicted molar refractivity (Wildman–Crippen MR) is 68.8 cm³/mol. The predicted octanol–water partition coefficient (Wildman–Crippen LogP) is 1.14. The number of carbonyl (C=O) groups excluding carboxylic acids is 1. The van der Waals surface area contributed by atoms with Gasteiger partial charge in [0.2, 0.25) is 5.91 Å². The lowest BCUT2D eigenvalue weighted by atomic mass is 10.1. The third-order valence-electron chi connectivity index (χ3n) is 3.34. The molecule has 100 valence electrons. The van der Waals surface area contributed by atoms with Crippen LogP contribution in [0.4, 0.5) is 0 Å². The van der Waals surface area contributed by atoms with Crippen molar-refractivity contribution in [3.63, 3.8) is 0 Å². The third kappa shape index (κ3) is 4.64. The van der Waals surface area contributed by atoms with E-state index in [0.717, 1.165) is 25.9 Å². The molecular formula is C13H26N2O2. The minimum atomic E-state index is -0.320. The number of rotatable bonds is 6. The smallest absolute Gasteiger partial charge is 0.224 e. The first kappa shape index (κ1) is 14.5. The highest BCUT2D eigenvalue weighted by molar-refractivity contribution is 5.77. The van der Waals surface area contributed by atoms with Gasteiger partial charge in [-0.2, -0.15) is 0 Å². The number of nitrogens with zero attached hydrogens (tertiary/aromatic N) is 1. The second-order valence-corrected chi connectivity index (χ2v) is 5.13. The number of amides is 1. The van der Waals surface area contributed by atoms with Crippen LogP contribution in [0.15, 0.2) is 0 Å². The molecule has 0 aromatic rings. The van der Waals surface area contributed by atoms with E-state index in [0.29, 0.717) is 12.8 Å². The summed E-state index contributed by atoms with van der Waals surface area (Å²) >= 11 is 0. The zero-order valence-corrected chi connectivity index (χ0v) is 11.3. The average Bonchev–Trinajstić information content (AvgIpc) is 2.65. The minimum absolute atomic E-state index is 0.224. The van der Waals surface area contributed by atoms with Crippen molar-refractivity contribution in [2.24, 2.45) is 0 Å². The number of hydrogen-bond donors (Lipinski definition) is 2. The van der Waals surface area contributed by atoms with Crippen molar-refractivity contribution >= 4 is 5.91 Å². The largest absolute Gasteiger partial charge is 0.393 e. The lowest BCUT2D eigenvalue weighted by molar-refractivity contribution is -0.132. The van der Waals surface area contributed by atoms with Crippen molar-refractivity contribution in [2.75, 3.05) is 13.1 Å². The van der Waals surface area contributed by atoms with Crippen molar-refractivity contribution in [1.82, 2.24) is 10.2 Å². The summed E-state index contributed by atoms with van der Waals surface area (Å²) in [6.45, 7) is 7.64. The molecule has 0 saturated carbocycles. The first-order valence-electron chi connectivity index (χ1n) is 6.75. The van der Waals surface area contributed by atoms with Crippen molar-refractivity contribution in [3.05, 3.63) is 0 Å². The monoisotopic (exact) mass is 242 g/mol. The number of carbonyl (C=O) groups is 1. The van der Waals surface area contributed by atoms with E-state index in [2.05, 4.69) is 5.32 Å². The van der Waals surface area contributed by atoms with Gasteiger partial charge in [0.1, 0.15) is 0 Å². The van der Waals surface area contributed by atoms with Crippen LogP contribution in [0.3, 0.4) is 0 Å². The van der Waals surface area contributed by atoms with E-state index in [1.807, 2.05) is 18.7 Å². The lowest BCUT2D eigenvalue weighted by Gasteiger charge is -2.27. The molecule has 1 amide bonds. The van der Waals surface area contributed by atoms with Crippen LogP contribution in [0, 0.1) is 0 Å². The maximum absolute atomic E-state index is 12.1. The van der Waals surface area contributed by atoms with E-state index < -0.39 is 0 Å². The third-order valence-corrected chi connectivity index (χ3v) is 3.34. The van der Waals surface area contributed by atoms with Crippen molar-refractivity contribution in [2.45, 2.75) is 64.6 Å². The minimum Gasteiger partial charge on any atom is -0.393 e. The van der Waals surface area contributed by atoms with Crippen LogP contribution >= 0.6 is 0 Å². The Kier molecular flexibility index (Phi) is 5.92. The molecule has 2 N–H and O–H groups in total. The molecule has 17 heavy (non-hydrogen) atoms. The standard InChI is InChI=1S/C13H26N2O2/c1-4-14-10(2)8-13(17)15-7-5-6-12(15)9-11(3)16/h10-12,14,16H,4-9H2,1-3H3. The number of hydrogen-bond acceptors (Lipinski definition) is 3. The van der Waals surface area contributed by atoms with Crippen LogP contribution in [0.5, 0.6) is 0 Å². The zero-order valence-electron chi connectivity index (χ0n) is 11.3. The molecule has 4 nitrogen and oxygen atoms in total. The molecule has 0 radical (unpaired) electrons. The van der Waals surface area contributed by atoms with E-state index in [9.17, 15) is 9.90 Å². The Labute approximate surface area is 104 Å². The van der Waals surface area contributed by atoms with Crippen LogP contribution < -0.4 is 5.32 Å². The second kappa shape index (κ2) is 6.97. The molecule has 1 fully saturated rings. The van der Waals surface area contributed by atoms with Gasteiger partial charge in [-0.25, -0.2) is 0 Å². The molecule has 3 unspecified atom stereocenters. The van der Waals surface area contributed by atoms with Crippen LogP contribution in [-0.2, 0) is 4.79 Å². The highest BCUT2D eigenvalue weighted by Crippen LogP contribution is 2.22.